The van der Waals surface area contributed by atoms with Crippen molar-refractivity contribution < 1.29 is 14.3 Å². The van der Waals surface area contributed by atoms with Crippen molar-refractivity contribution in [3.63, 3.8) is 0 Å². The molecule has 0 spiro atoms. The van der Waals surface area contributed by atoms with Gasteiger partial charge in [-0.05, 0) is 32.6 Å². The SMILES string of the molecule is C[C@H](Cn1ccnc1)NC(=O)N(C[C@H]1CCCO1)C[C@@H]1CCCO1. The van der Waals surface area contributed by atoms with Crippen molar-refractivity contribution >= 4 is 6.03 Å². The fourth-order valence-corrected chi connectivity index (χ4v) is 3.37. The van der Waals surface area contributed by atoms with Gasteiger partial charge >= 0.3 is 6.03 Å². The summed E-state index contributed by atoms with van der Waals surface area (Å²) in [5.74, 6) is 0. The molecule has 2 amide bonds. The van der Waals surface area contributed by atoms with Crippen molar-refractivity contribution in [3.05, 3.63) is 18.7 Å². The van der Waals surface area contributed by atoms with Gasteiger partial charge in [-0.25, -0.2) is 9.78 Å². The summed E-state index contributed by atoms with van der Waals surface area (Å²) in [5, 5.41) is 3.09. The lowest BCUT2D eigenvalue weighted by Gasteiger charge is -2.29. The summed E-state index contributed by atoms with van der Waals surface area (Å²) >= 11 is 0. The summed E-state index contributed by atoms with van der Waals surface area (Å²) in [6.07, 6.45) is 9.93. The Morgan fingerprint density at radius 3 is 2.46 bits per heavy atom. The van der Waals surface area contributed by atoms with Crippen LogP contribution in [0.15, 0.2) is 18.7 Å². The first-order valence-electron chi connectivity index (χ1n) is 8.95. The van der Waals surface area contributed by atoms with E-state index in [4.69, 9.17) is 9.47 Å². The van der Waals surface area contributed by atoms with Gasteiger partial charge in [0.05, 0.1) is 18.5 Å². The Hall–Kier alpha value is -1.60. The van der Waals surface area contributed by atoms with Gasteiger partial charge in [0.25, 0.3) is 0 Å². The Morgan fingerprint density at radius 1 is 1.29 bits per heavy atom. The Kier molecular flexibility index (Phi) is 6.09. The van der Waals surface area contributed by atoms with Gasteiger partial charge in [0.1, 0.15) is 0 Å². The summed E-state index contributed by atoms with van der Waals surface area (Å²) in [5.41, 5.74) is 0. The third-order valence-electron chi connectivity index (χ3n) is 4.60. The quantitative estimate of drug-likeness (QED) is 0.822. The highest BCUT2D eigenvalue weighted by Crippen LogP contribution is 2.17. The number of nitrogens with one attached hydrogen (secondary N) is 1. The molecule has 2 saturated heterocycles. The Labute approximate surface area is 143 Å². The lowest BCUT2D eigenvalue weighted by Crippen LogP contribution is -2.49. The molecule has 2 aliphatic heterocycles. The lowest BCUT2D eigenvalue weighted by molar-refractivity contribution is 0.0493. The van der Waals surface area contributed by atoms with Gasteiger partial charge in [0.2, 0.25) is 0 Å². The molecule has 7 heteroatoms. The minimum atomic E-state index is -0.0337. The molecule has 0 radical (unpaired) electrons. The summed E-state index contributed by atoms with van der Waals surface area (Å²) in [4.78, 5) is 18.6. The van der Waals surface area contributed by atoms with Gasteiger partial charge in [0.15, 0.2) is 0 Å². The molecule has 0 bridgehead atoms. The van der Waals surface area contributed by atoms with Crippen LogP contribution >= 0.6 is 0 Å². The molecule has 0 unspecified atom stereocenters. The summed E-state index contributed by atoms with van der Waals surface area (Å²) in [6, 6.07) is -0.00296. The molecule has 1 aromatic heterocycles. The van der Waals surface area contributed by atoms with Crippen molar-refractivity contribution in [3.8, 4) is 0 Å². The highest BCUT2D eigenvalue weighted by molar-refractivity contribution is 5.74. The first-order chi connectivity index (χ1) is 11.7. The molecule has 3 heterocycles. The van der Waals surface area contributed by atoms with Crippen LogP contribution in [0.3, 0.4) is 0 Å². The highest BCUT2D eigenvalue weighted by Gasteiger charge is 2.27. The van der Waals surface area contributed by atoms with Crippen LogP contribution in [0.1, 0.15) is 32.6 Å². The van der Waals surface area contributed by atoms with Gasteiger partial charge in [0, 0.05) is 51.3 Å². The Morgan fingerprint density at radius 2 is 1.96 bits per heavy atom. The van der Waals surface area contributed by atoms with Crippen molar-refractivity contribution in [1.82, 2.24) is 19.8 Å². The number of carbonyl (C=O) groups is 1. The maximum atomic E-state index is 12.7. The minimum absolute atomic E-state index is 0.0307. The van der Waals surface area contributed by atoms with Crippen LogP contribution in [-0.2, 0) is 16.0 Å². The van der Waals surface area contributed by atoms with Crippen LogP contribution in [0.2, 0.25) is 0 Å². The van der Waals surface area contributed by atoms with Gasteiger partial charge in [-0.1, -0.05) is 0 Å². The predicted molar refractivity (Wildman–Crippen MR) is 89.7 cm³/mol. The number of carbonyl (C=O) groups excluding carboxylic acids is 1. The second-order valence-corrected chi connectivity index (χ2v) is 6.79. The van der Waals surface area contributed by atoms with Crippen molar-refractivity contribution in [1.29, 1.82) is 0 Å². The van der Waals surface area contributed by atoms with Crippen LogP contribution < -0.4 is 5.32 Å². The number of aromatic nitrogens is 2. The number of ether oxygens (including phenoxy) is 2. The standard InChI is InChI=1S/C17H28N4O3/c1-14(10-20-7-6-18-13-20)19-17(22)21(11-15-4-2-8-23-15)12-16-5-3-9-24-16/h6-7,13-16H,2-5,8-12H2,1H3,(H,19,22)/t14-,15-,16+/m1/s1. The van der Waals surface area contributed by atoms with Gasteiger partial charge < -0.3 is 24.3 Å². The molecule has 0 aliphatic carbocycles. The van der Waals surface area contributed by atoms with Crippen LogP contribution in [0.4, 0.5) is 4.79 Å². The number of urea groups is 1. The molecular weight excluding hydrogens is 308 g/mol. The van der Waals surface area contributed by atoms with Crippen LogP contribution in [-0.4, -0.2) is 65.0 Å². The topological polar surface area (TPSA) is 68.6 Å². The third-order valence-corrected chi connectivity index (χ3v) is 4.60. The maximum absolute atomic E-state index is 12.7. The Balaban J connectivity index is 1.54. The molecule has 134 valence electrons. The van der Waals surface area contributed by atoms with Crippen molar-refractivity contribution in [2.24, 2.45) is 0 Å². The summed E-state index contributed by atoms with van der Waals surface area (Å²) in [6.45, 7) is 5.61. The van der Waals surface area contributed by atoms with E-state index in [1.807, 2.05) is 22.6 Å². The summed E-state index contributed by atoms with van der Waals surface area (Å²) in [7, 11) is 0. The monoisotopic (exact) mass is 336 g/mol. The summed E-state index contributed by atoms with van der Waals surface area (Å²) < 4.78 is 13.4. The number of rotatable bonds is 7. The molecule has 7 nitrogen and oxygen atoms in total. The zero-order valence-electron chi connectivity index (χ0n) is 14.4. The largest absolute Gasteiger partial charge is 0.376 e. The maximum Gasteiger partial charge on any atom is 0.317 e. The normalized spacial score (nSPS) is 24.9. The number of nitrogens with zero attached hydrogens (tertiary/aromatic N) is 3. The van der Waals surface area contributed by atoms with Crippen LogP contribution in [0, 0.1) is 0 Å². The highest BCUT2D eigenvalue weighted by atomic mass is 16.5. The number of hydrogen-bond acceptors (Lipinski definition) is 4. The molecule has 2 fully saturated rings. The van der Waals surface area contributed by atoms with Crippen molar-refractivity contribution in [2.45, 2.75) is 57.4 Å². The minimum Gasteiger partial charge on any atom is -0.376 e. The van der Waals surface area contributed by atoms with E-state index >= 15 is 0 Å². The average Bonchev–Trinajstić information content (AvgIpc) is 3.30. The van der Waals surface area contributed by atoms with Crippen LogP contribution in [0.5, 0.6) is 0 Å². The third kappa shape index (κ3) is 4.95. The number of hydrogen-bond donors (Lipinski definition) is 1. The van der Waals surface area contributed by atoms with Gasteiger partial charge in [-0.2, -0.15) is 0 Å². The zero-order chi connectivity index (χ0) is 16.8. The van der Waals surface area contributed by atoms with Crippen LogP contribution in [0.25, 0.3) is 0 Å². The number of imidazole rings is 1. The molecule has 1 aromatic rings. The van der Waals surface area contributed by atoms with E-state index in [1.165, 1.54) is 0 Å². The van der Waals surface area contributed by atoms with E-state index in [0.29, 0.717) is 19.6 Å². The van der Waals surface area contributed by atoms with E-state index < -0.39 is 0 Å². The molecule has 2 aliphatic rings. The molecular formula is C17H28N4O3. The molecule has 3 rings (SSSR count). The lowest BCUT2D eigenvalue weighted by atomic mass is 10.2. The van der Waals surface area contributed by atoms with E-state index in [0.717, 1.165) is 38.9 Å². The molecule has 1 N–H and O–H groups in total. The van der Waals surface area contributed by atoms with E-state index in [2.05, 4.69) is 10.3 Å². The zero-order valence-corrected chi connectivity index (χ0v) is 14.4. The van der Waals surface area contributed by atoms with E-state index in [1.54, 1.807) is 12.5 Å². The first-order valence-corrected chi connectivity index (χ1v) is 8.95. The average molecular weight is 336 g/mol. The Bertz CT molecular complexity index is 478. The molecule has 3 atom stereocenters. The van der Waals surface area contributed by atoms with Crippen molar-refractivity contribution in [2.75, 3.05) is 26.3 Å². The fourth-order valence-electron chi connectivity index (χ4n) is 3.37. The van der Waals surface area contributed by atoms with E-state index in [-0.39, 0.29) is 24.3 Å². The first kappa shape index (κ1) is 17.2. The molecule has 24 heavy (non-hydrogen) atoms. The second kappa shape index (κ2) is 8.48. The number of amides is 2. The smallest absolute Gasteiger partial charge is 0.317 e. The second-order valence-electron chi connectivity index (χ2n) is 6.79. The predicted octanol–water partition coefficient (Wildman–Crippen LogP) is 1.64. The van der Waals surface area contributed by atoms with E-state index in [9.17, 15) is 4.79 Å². The van der Waals surface area contributed by atoms with Gasteiger partial charge in [-0.15, -0.1) is 0 Å². The molecule has 0 aromatic carbocycles. The fraction of sp³-hybridized carbons (Fsp3) is 0.765. The molecule has 0 saturated carbocycles. The van der Waals surface area contributed by atoms with Gasteiger partial charge in [-0.3, -0.25) is 0 Å².